The summed E-state index contributed by atoms with van der Waals surface area (Å²) in [6.45, 7) is 2.29. The van der Waals surface area contributed by atoms with Gasteiger partial charge in [-0.15, -0.1) is 0 Å². The van der Waals surface area contributed by atoms with Gasteiger partial charge in [-0.25, -0.2) is 13.9 Å². The van der Waals surface area contributed by atoms with Crippen LogP contribution in [0.25, 0.3) is 0 Å². The third kappa shape index (κ3) is 5.24. The SMILES string of the molecule is COc1ccc(C(=O)C(C)CCOc2ccc(S(=O)(=O)C3(C(=O)NO)CCOCC3)cc2)cc1. The Morgan fingerprint density at radius 2 is 1.65 bits per heavy atom. The van der Waals surface area contributed by atoms with E-state index in [2.05, 4.69) is 0 Å². The summed E-state index contributed by atoms with van der Waals surface area (Å²) in [5, 5.41) is 9.13. The number of ketones is 1. The molecule has 0 spiro atoms. The summed E-state index contributed by atoms with van der Waals surface area (Å²) in [7, 11) is -2.53. The highest BCUT2D eigenvalue weighted by molar-refractivity contribution is 7.93. The van der Waals surface area contributed by atoms with Gasteiger partial charge in [-0.2, -0.15) is 0 Å². The quantitative estimate of drug-likeness (QED) is 0.295. The Labute approximate surface area is 198 Å². The molecule has 1 unspecified atom stereocenters. The third-order valence-corrected chi connectivity index (χ3v) is 8.62. The van der Waals surface area contributed by atoms with E-state index < -0.39 is 20.5 Å². The molecule has 1 amide bonds. The molecule has 1 heterocycles. The lowest BCUT2D eigenvalue weighted by molar-refractivity contribution is -0.134. The average Bonchev–Trinajstić information content (AvgIpc) is 2.88. The first-order chi connectivity index (χ1) is 16.2. The van der Waals surface area contributed by atoms with Gasteiger partial charge in [0.15, 0.2) is 20.4 Å². The molecule has 3 rings (SSSR count). The second-order valence-corrected chi connectivity index (χ2v) is 10.4. The monoisotopic (exact) mass is 491 g/mol. The molecule has 1 atom stereocenters. The largest absolute Gasteiger partial charge is 0.497 e. The molecule has 0 bridgehead atoms. The van der Waals surface area contributed by atoms with Gasteiger partial charge < -0.3 is 14.2 Å². The molecule has 1 saturated heterocycles. The number of carbonyl (C=O) groups excluding carboxylic acids is 2. The second kappa shape index (κ2) is 11.0. The number of carbonyl (C=O) groups is 2. The second-order valence-electron chi connectivity index (χ2n) is 8.15. The predicted octanol–water partition coefficient (Wildman–Crippen LogP) is 2.81. The van der Waals surface area contributed by atoms with E-state index in [9.17, 15) is 18.0 Å². The molecular weight excluding hydrogens is 462 g/mol. The van der Waals surface area contributed by atoms with Crippen molar-refractivity contribution >= 4 is 21.5 Å². The van der Waals surface area contributed by atoms with Gasteiger partial charge in [0.1, 0.15) is 11.5 Å². The van der Waals surface area contributed by atoms with Crippen LogP contribution in [0, 0.1) is 5.92 Å². The highest BCUT2D eigenvalue weighted by atomic mass is 32.2. The lowest BCUT2D eigenvalue weighted by Gasteiger charge is -2.34. The summed E-state index contributed by atoms with van der Waals surface area (Å²) >= 11 is 0. The van der Waals surface area contributed by atoms with E-state index in [0.717, 1.165) is 0 Å². The Morgan fingerprint density at radius 3 is 2.21 bits per heavy atom. The first-order valence-electron chi connectivity index (χ1n) is 10.9. The minimum atomic E-state index is -4.09. The average molecular weight is 492 g/mol. The molecule has 0 aliphatic carbocycles. The first-order valence-corrected chi connectivity index (χ1v) is 12.4. The van der Waals surface area contributed by atoms with Crippen LogP contribution in [0.1, 0.15) is 36.5 Å². The summed E-state index contributed by atoms with van der Waals surface area (Å²) in [4.78, 5) is 24.8. The van der Waals surface area contributed by atoms with Crippen molar-refractivity contribution in [2.45, 2.75) is 35.8 Å². The maximum atomic E-state index is 13.3. The maximum absolute atomic E-state index is 13.3. The maximum Gasteiger partial charge on any atom is 0.265 e. The van der Waals surface area contributed by atoms with Gasteiger partial charge in [-0.1, -0.05) is 6.92 Å². The van der Waals surface area contributed by atoms with Crippen molar-refractivity contribution in [3.63, 3.8) is 0 Å². The van der Waals surface area contributed by atoms with Crippen LogP contribution in [-0.2, 0) is 19.4 Å². The first kappa shape index (κ1) is 25.7. The number of sulfone groups is 1. The molecule has 1 aliphatic heterocycles. The lowest BCUT2D eigenvalue weighted by Crippen LogP contribution is -2.54. The summed E-state index contributed by atoms with van der Waals surface area (Å²) in [5.74, 6) is -0.116. The number of ether oxygens (including phenoxy) is 3. The van der Waals surface area contributed by atoms with E-state index >= 15 is 0 Å². The van der Waals surface area contributed by atoms with Gasteiger partial charge >= 0.3 is 0 Å². The Morgan fingerprint density at radius 1 is 1.06 bits per heavy atom. The number of rotatable bonds is 10. The normalized spacial score (nSPS) is 16.3. The molecule has 184 valence electrons. The number of benzene rings is 2. The van der Waals surface area contributed by atoms with Crippen LogP contribution < -0.4 is 15.0 Å². The molecule has 0 saturated carbocycles. The van der Waals surface area contributed by atoms with Crippen LogP contribution in [0.3, 0.4) is 0 Å². The number of amides is 1. The fourth-order valence-corrected chi connectivity index (χ4v) is 5.83. The smallest absolute Gasteiger partial charge is 0.265 e. The Bertz CT molecular complexity index is 1090. The molecule has 1 fully saturated rings. The summed E-state index contributed by atoms with van der Waals surface area (Å²) < 4.78 is 40.7. The summed E-state index contributed by atoms with van der Waals surface area (Å²) in [6, 6.07) is 12.7. The predicted molar refractivity (Wildman–Crippen MR) is 123 cm³/mol. The van der Waals surface area contributed by atoms with Crippen molar-refractivity contribution in [2.75, 3.05) is 26.9 Å². The van der Waals surface area contributed by atoms with Crippen LogP contribution in [0.15, 0.2) is 53.4 Å². The van der Waals surface area contributed by atoms with Gasteiger partial charge in [0, 0.05) is 24.7 Å². The number of Topliss-reactive ketones (excluding diaryl/α,β-unsaturated/α-hetero) is 1. The molecular formula is C24H29NO8S. The molecule has 0 aromatic heterocycles. The third-order valence-electron chi connectivity index (χ3n) is 6.11. The minimum Gasteiger partial charge on any atom is -0.497 e. The van der Waals surface area contributed by atoms with E-state index in [4.69, 9.17) is 19.4 Å². The summed E-state index contributed by atoms with van der Waals surface area (Å²) in [5.41, 5.74) is 2.09. The number of nitrogens with one attached hydrogen (secondary N) is 1. The molecule has 2 aromatic carbocycles. The van der Waals surface area contributed by atoms with Crippen LogP contribution in [0.4, 0.5) is 0 Å². The lowest BCUT2D eigenvalue weighted by atomic mass is 9.97. The molecule has 2 aromatic rings. The van der Waals surface area contributed by atoms with Crippen LogP contribution in [0.5, 0.6) is 11.5 Å². The van der Waals surface area contributed by atoms with Crippen molar-refractivity contribution in [2.24, 2.45) is 5.92 Å². The van der Waals surface area contributed by atoms with Gasteiger partial charge in [-0.05, 0) is 67.8 Å². The molecule has 9 nitrogen and oxygen atoms in total. The minimum absolute atomic E-state index is 0.00314. The highest BCUT2D eigenvalue weighted by Crippen LogP contribution is 2.35. The van der Waals surface area contributed by atoms with E-state index in [1.54, 1.807) is 31.4 Å². The van der Waals surface area contributed by atoms with Crippen molar-refractivity contribution in [3.8, 4) is 11.5 Å². The topological polar surface area (TPSA) is 128 Å². The standard InChI is InChI=1S/C24H29NO8S/c1-17(22(26)18-3-5-19(31-2)6-4-18)11-14-33-20-7-9-21(10-8-20)34(29,30)24(23(27)25-28)12-15-32-16-13-24/h3-10,17,28H,11-16H2,1-2H3,(H,25,27). The number of methoxy groups -OCH3 is 1. The number of hydroxylamine groups is 1. The molecule has 0 radical (unpaired) electrons. The van der Waals surface area contributed by atoms with E-state index in [1.807, 2.05) is 6.92 Å². The highest BCUT2D eigenvalue weighted by Gasteiger charge is 2.52. The zero-order valence-electron chi connectivity index (χ0n) is 19.2. The van der Waals surface area contributed by atoms with Crippen LogP contribution in [0.2, 0.25) is 0 Å². The molecule has 34 heavy (non-hydrogen) atoms. The zero-order chi connectivity index (χ0) is 24.8. The Hall–Kier alpha value is -2.95. The van der Waals surface area contributed by atoms with E-state index in [-0.39, 0.29) is 49.3 Å². The van der Waals surface area contributed by atoms with Crippen molar-refractivity contribution in [1.82, 2.24) is 5.48 Å². The van der Waals surface area contributed by atoms with Crippen LogP contribution >= 0.6 is 0 Å². The van der Waals surface area contributed by atoms with Crippen molar-refractivity contribution in [1.29, 1.82) is 0 Å². The molecule has 10 heteroatoms. The molecule has 2 N–H and O–H groups in total. The van der Waals surface area contributed by atoms with Gasteiger partial charge in [-0.3, -0.25) is 14.8 Å². The van der Waals surface area contributed by atoms with Crippen molar-refractivity contribution < 1.29 is 37.4 Å². The number of hydrogen-bond acceptors (Lipinski definition) is 8. The number of hydrogen-bond donors (Lipinski definition) is 2. The van der Waals surface area contributed by atoms with E-state index in [0.29, 0.717) is 23.5 Å². The Kier molecular flexibility index (Phi) is 8.29. The fraction of sp³-hybridized carbons (Fsp3) is 0.417. The van der Waals surface area contributed by atoms with Gasteiger partial charge in [0.2, 0.25) is 0 Å². The van der Waals surface area contributed by atoms with Crippen molar-refractivity contribution in [3.05, 3.63) is 54.1 Å². The fourth-order valence-electron chi connectivity index (χ4n) is 3.89. The molecule has 1 aliphatic rings. The zero-order valence-corrected chi connectivity index (χ0v) is 20.0. The Balaban J connectivity index is 1.62. The van der Waals surface area contributed by atoms with Gasteiger partial charge in [0.25, 0.3) is 5.91 Å². The van der Waals surface area contributed by atoms with E-state index in [1.165, 1.54) is 29.7 Å². The summed E-state index contributed by atoms with van der Waals surface area (Å²) in [6.07, 6.45) is 0.366. The van der Waals surface area contributed by atoms with Gasteiger partial charge in [0.05, 0.1) is 18.6 Å². The van der Waals surface area contributed by atoms with Crippen LogP contribution in [-0.4, -0.2) is 57.0 Å².